The van der Waals surface area contributed by atoms with Crippen molar-refractivity contribution in [2.75, 3.05) is 18.6 Å². The highest BCUT2D eigenvalue weighted by atomic mass is 16.5. The summed E-state index contributed by atoms with van der Waals surface area (Å²) in [5.74, 6) is 0.511. The Morgan fingerprint density at radius 2 is 1.45 bits per heavy atom. The molecule has 0 unspecified atom stereocenters. The normalized spacial score (nSPS) is 21.1. The Kier molecular flexibility index (Phi) is 5.34. The van der Waals surface area contributed by atoms with Crippen molar-refractivity contribution in [2.45, 2.75) is 25.7 Å². The number of benzene rings is 2. The number of hydrogen-bond acceptors (Lipinski definition) is 5. The van der Waals surface area contributed by atoms with Crippen LogP contribution >= 0.6 is 0 Å². The highest BCUT2D eigenvalue weighted by molar-refractivity contribution is 6.22. The average Bonchev–Trinajstić information content (AvgIpc) is 3.03. The topological polar surface area (TPSA) is 72.9 Å². The summed E-state index contributed by atoms with van der Waals surface area (Å²) in [6.45, 7) is -0.0998. The zero-order valence-corrected chi connectivity index (χ0v) is 16.3. The van der Waals surface area contributed by atoms with E-state index in [-0.39, 0.29) is 36.0 Å². The molecule has 0 spiro atoms. The number of carbonyl (C=O) groups is 3. The lowest BCUT2D eigenvalue weighted by Gasteiger charge is -2.19. The first-order chi connectivity index (χ1) is 14.1. The fourth-order valence-corrected chi connectivity index (χ4v) is 4.12. The van der Waals surface area contributed by atoms with Crippen LogP contribution in [0.4, 0.5) is 5.69 Å². The number of methoxy groups -OCH3 is 1. The molecule has 4 rings (SSSR count). The smallest absolute Gasteiger partial charge is 0.237 e. The van der Waals surface area contributed by atoms with Crippen LogP contribution in [0.25, 0.3) is 0 Å². The monoisotopic (exact) mass is 393 g/mol. The Balaban J connectivity index is 1.39. The second-order valence-electron chi connectivity index (χ2n) is 7.44. The lowest BCUT2D eigenvalue weighted by molar-refractivity contribution is -0.122. The second-order valence-corrected chi connectivity index (χ2v) is 7.44. The van der Waals surface area contributed by atoms with Gasteiger partial charge in [0.2, 0.25) is 11.8 Å². The molecule has 2 aliphatic rings. The predicted molar refractivity (Wildman–Crippen MR) is 107 cm³/mol. The highest BCUT2D eigenvalue weighted by Gasteiger charge is 2.48. The average molecular weight is 393 g/mol. The van der Waals surface area contributed by atoms with E-state index in [9.17, 15) is 14.4 Å². The molecule has 0 bridgehead atoms. The van der Waals surface area contributed by atoms with Gasteiger partial charge >= 0.3 is 0 Å². The van der Waals surface area contributed by atoms with E-state index in [1.807, 2.05) is 0 Å². The maximum Gasteiger partial charge on any atom is 0.237 e. The van der Waals surface area contributed by atoms with E-state index in [2.05, 4.69) is 0 Å². The summed E-state index contributed by atoms with van der Waals surface area (Å²) in [7, 11) is 1.57. The van der Waals surface area contributed by atoms with E-state index < -0.39 is 0 Å². The van der Waals surface area contributed by atoms with Gasteiger partial charge in [0.1, 0.15) is 11.5 Å². The van der Waals surface area contributed by atoms with Gasteiger partial charge in [-0.2, -0.15) is 0 Å². The molecule has 2 aromatic rings. The van der Waals surface area contributed by atoms with E-state index in [1.54, 1.807) is 55.6 Å². The number of rotatable bonds is 6. The Hall–Kier alpha value is -3.15. The number of imide groups is 1. The Labute approximate surface area is 169 Å². The van der Waals surface area contributed by atoms with Gasteiger partial charge in [-0.05, 0) is 61.4 Å². The van der Waals surface area contributed by atoms with Crippen LogP contribution in [0.15, 0.2) is 48.5 Å². The van der Waals surface area contributed by atoms with Crippen LogP contribution in [0, 0.1) is 11.8 Å². The number of Topliss-reactive ketones (excluding diaryl/α,β-unsaturated/α-hetero) is 1. The van der Waals surface area contributed by atoms with Crippen LogP contribution in [0.5, 0.6) is 11.5 Å². The SMILES string of the molecule is COc1ccc(C(=O)COc2ccc(N3C(=O)[C@H]4CCCC[C@@H]4C3=O)cc2)cc1. The number of ketones is 1. The molecule has 1 aliphatic heterocycles. The number of nitrogens with zero attached hydrogens (tertiary/aromatic N) is 1. The molecule has 1 aliphatic carbocycles. The molecule has 1 saturated heterocycles. The van der Waals surface area contributed by atoms with Crippen LogP contribution in [0.3, 0.4) is 0 Å². The largest absolute Gasteiger partial charge is 0.497 e. The molecule has 0 N–H and O–H groups in total. The van der Waals surface area contributed by atoms with Gasteiger partial charge in [-0.3, -0.25) is 19.3 Å². The van der Waals surface area contributed by atoms with Crippen molar-refractivity contribution >= 4 is 23.3 Å². The molecule has 2 atom stereocenters. The molecule has 2 aromatic carbocycles. The van der Waals surface area contributed by atoms with E-state index in [1.165, 1.54) is 4.90 Å². The summed E-state index contributed by atoms with van der Waals surface area (Å²) in [6.07, 6.45) is 3.59. The summed E-state index contributed by atoms with van der Waals surface area (Å²) >= 11 is 0. The van der Waals surface area contributed by atoms with Crippen molar-refractivity contribution in [3.8, 4) is 11.5 Å². The minimum atomic E-state index is -0.172. The van der Waals surface area contributed by atoms with E-state index >= 15 is 0 Å². The Bertz CT molecular complexity index is 895. The Morgan fingerprint density at radius 1 is 0.897 bits per heavy atom. The third-order valence-electron chi connectivity index (χ3n) is 5.72. The minimum absolute atomic E-state index is 0.0944. The number of anilines is 1. The fraction of sp³-hybridized carbons (Fsp3) is 0.348. The van der Waals surface area contributed by atoms with Crippen molar-refractivity contribution < 1.29 is 23.9 Å². The summed E-state index contributed by atoms with van der Waals surface area (Å²) in [4.78, 5) is 38.9. The third kappa shape index (κ3) is 3.75. The van der Waals surface area contributed by atoms with Crippen molar-refractivity contribution in [1.29, 1.82) is 0 Å². The fourth-order valence-electron chi connectivity index (χ4n) is 4.12. The van der Waals surface area contributed by atoms with E-state index in [0.717, 1.165) is 25.7 Å². The van der Waals surface area contributed by atoms with Crippen LogP contribution in [0.1, 0.15) is 36.0 Å². The number of carbonyl (C=O) groups excluding carboxylic acids is 3. The van der Waals surface area contributed by atoms with E-state index in [4.69, 9.17) is 9.47 Å². The third-order valence-corrected chi connectivity index (χ3v) is 5.72. The molecular weight excluding hydrogens is 370 g/mol. The second kappa shape index (κ2) is 8.07. The summed E-state index contributed by atoms with van der Waals surface area (Å²) in [6, 6.07) is 13.6. The van der Waals surface area contributed by atoms with Gasteiger partial charge in [0.15, 0.2) is 12.4 Å². The predicted octanol–water partition coefficient (Wildman–Crippen LogP) is 3.64. The molecule has 1 heterocycles. The van der Waals surface area contributed by atoms with Gasteiger partial charge < -0.3 is 9.47 Å². The lowest BCUT2D eigenvalue weighted by atomic mass is 9.81. The number of amides is 2. The van der Waals surface area contributed by atoms with Crippen molar-refractivity contribution in [2.24, 2.45) is 11.8 Å². The molecule has 6 heteroatoms. The Morgan fingerprint density at radius 3 is 2.00 bits per heavy atom. The first kappa shape index (κ1) is 19.2. The highest BCUT2D eigenvalue weighted by Crippen LogP contribution is 2.40. The molecule has 0 aromatic heterocycles. The number of ether oxygens (including phenoxy) is 2. The van der Waals surface area contributed by atoms with Crippen LogP contribution < -0.4 is 14.4 Å². The van der Waals surface area contributed by atoms with Gasteiger partial charge in [0, 0.05) is 5.56 Å². The zero-order valence-electron chi connectivity index (χ0n) is 16.3. The summed E-state index contributed by atoms with van der Waals surface area (Å²) < 4.78 is 10.7. The summed E-state index contributed by atoms with van der Waals surface area (Å²) in [5, 5.41) is 0. The van der Waals surface area contributed by atoms with Crippen molar-refractivity contribution in [3.05, 3.63) is 54.1 Å². The van der Waals surface area contributed by atoms with Crippen LogP contribution in [-0.2, 0) is 9.59 Å². The van der Waals surface area contributed by atoms with Crippen LogP contribution in [0.2, 0.25) is 0 Å². The van der Waals surface area contributed by atoms with Crippen molar-refractivity contribution in [1.82, 2.24) is 0 Å². The minimum Gasteiger partial charge on any atom is -0.497 e. The molecule has 0 radical (unpaired) electrons. The van der Waals surface area contributed by atoms with Gasteiger partial charge in [-0.25, -0.2) is 0 Å². The lowest BCUT2D eigenvalue weighted by Crippen LogP contribution is -2.30. The molecular formula is C23H23NO5. The van der Waals surface area contributed by atoms with Crippen LogP contribution in [-0.4, -0.2) is 31.3 Å². The van der Waals surface area contributed by atoms with Gasteiger partial charge in [-0.1, -0.05) is 12.8 Å². The molecule has 150 valence electrons. The molecule has 2 fully saturated rings. The number of fused-ring (bicyclic) bond motifs is 1. The van der Waals surface area contributed by atoms with Gasteiger partial charge in [0.05, 0.1) is 24.6 Å². The molecule has 2 amide bonds. The van der Waals surface area contributed by atoms with Gasteiger partial charge in [-0.15, -0.1) is 0 Å². The maximum absolute atomic E-state index is 12.7. The van der Waals surface area contributed by atoms with E-state index in [0.29, 0.717) is 22.7 Å². The molecule has 6 nitrogen and oxygen atoms in total. The molecule has 29 heavy (non-hydrogen) atoms. The molecule has 1 saturated carbocycles. The quantitative estimate of drug-likeness (QED) is 0.553. The zero-order chi connectivity index (χ0) is 20.4. The van der Waals surface area contributed by atoms with Gasteiger partial charge in [0.25, 0.3) is 0 Å². The first-order valence-corrected chi connectivity index (χ1v) is 9.86. The summed E-state index contributed by atoms with van der Waals surface area (Å²) in [5.41, 5.74) is 1.10. The first-order valence-electron chi connectivity index (χ1n) is 9.86. The standard InChI is InChI=1S/C23H23NO5/c1-28-17-10-6-15(7-11-17)21(25)14-29-18-12-8-16(9-13-18)24-22(26)19-4-2-3-5-20(19)23(24)27/h6-13,19-20H,2-5,14H2,1H3/t19-,20-/m0/s1. The van der Waals surface area contributed by atoms with Crippen molar-refractivity contribution in [3.63, 3.8) is 0 Å². The maximum atomic E-state index is 12.7. The number of hydrogen-bond donors (Lipinski definition) is 0.